The Morgan fingerprint density at radius 3 is 2.27 bits per heavy atom. The van der Waals surface area contributed by atoms with E-state index in [2.05, 4.69) is 27.3 Å². The smallest absolute Gasteiger partial charge is 0.175 e. The molecule has 30 heavy (non-hydrogen) atoms. The van der Waals surface area contributed by atoms with Crippen LogP contribution in [0.4, 0.5) is 0 Å². The highest BCUT2D eigenvalue weighted by Crippen LogP contribution is 2.37. The highest BCUT2D eigenvalue weighted by atomic mass is 79.9. The van der Waals surface area contributed by atoms with E-state index in [1.165, 1.54) is 0 Å². The fourth-order valence-corrected chi connectivity index (χ4v) is 3.67. The van der Waals surface area contributed by atoms with Crippen LogP contribution in [0.5, 0.6) is 17.2 Å². The molecule has 0 saturated heterocycles. The van der Waals surface area contributed by atoms with Crippen molar-refractivity contribution in [2.75, 3.05) is 14.2 Å². The van der Waals surface area contributed by atoms with Crippen LogP contribution in [0.25, 0.3) is 0 Å². The first-order valence-electron chi connectivity index (χ1n) is 9.17. The van der Waals surface area contributed by atoms with Crippen molar-refractivity contribution < 1.29 is 14.2 Å². The molecule has 0 heterocycles. The van der Waals surface area contributed by atoms with Crippen molar-refractivity contribution in [3.8, 4) is 17.2 Å². The minimum atomic E-state index is 0. The molecular weight excluding hydrogens is 489 g/mol. The van der Waals surface area contributed by atoms with Crippen LogP contribution in [0.3, 0.4) is 0 Å². The Hall–Kier alpha value is -1.92. The number of methoxy groups -OCH3 is 2. The Balaban J connectivity index is 0.00000320. The molecule has 0 atom stereocenters. The van der Waals surface area contributed by atoms with Crippen LogP contribution in [0, 0.1) is 0 Å². The van der Waals surface area contributed by atoms with Crippen molar-refractivity contribution in [1.29, 1.82) is 0 Å². The van der Waals surface area contributed by atoms with Crippen molar-refractivity contribution in [3.05, 3.63) is 86.8 Å². The van der Waals surface area contributed by atoms with Crippen LogP contribution in [-0.2, 0) is 19.7 Å². The molecule has 3 aromatic carbocycles. The zero-order valence-corrected chi connectivity index (χ0v) is 19.9. The summed E-state index contributed by atoms with van der Waals surface area (Å²) in [5.41, 5.74) is 3.23. The molecule has 3 rings (SSSR count). The summed E-state index contributed by atoms with van der Waals surface area (Å²) in [6, 6.07) is 19.6. The van der Waals surface area contributed by atoms with E-state index in [1.54, 1.807) is 14.2 Å². The van der Waals surface area contributed by atoms with Gasteiger partial charge >= 0.3 is 0 Å². The molecule has 0 amide bonds. The summed E-state index contributed by atoms with van der Waals surface area (Å²) < 4.78 is 17.8. The predicted octanol–water partition coefficient (Wildman–Crippen LogP) is 6.41. The number of hydrogen-bond donors (Lipinski definition) is 1. The van der Waals surface area contributed by atoms with Crippen LogP contribution in [-0.4, -0.2) is 14.2 Å². The summed E-state index contributed by atoms with van der Waals surface area (Å²) in [7, 11) is 3.33. The maximum Gasteiger partial charge on any atom is 0.175 e. The second-order valence-electron chi connectivity index (χ2n) is 6.44. The second-order valence-corrected chi connectivity index (χ2v) is 7.73. The van der Waals surface area contributed by atoms with Gasteiger partial charge < -0.3 is 19.5 Å². The molecule has 0 fully saturated rings. The molecule has 0 aliphatic rings. The first kappa shape index (κ1) is 24.4. The Labute approximate surface area is 197 Å². The fourth-order valence-electron chi connectivity index (χ4n) is 2.94. The molecular formula is C23H24BrCl2NO3. The van der Waals surface area contributed by atoms with Crippen LogP contribution in [0.1, 0.15) is 16.7 Å². The molecule has 7 heteroatoms. The molecule has 0 bridgehead atoms. The highest BCUT2D eigenvalue weighted by Gasteiger charge is 2.12. The largest absolute Gasteiger partial charge is 0.496 e. The van der Waals surface area contributed by atoms with E-state index in [9.17, 15) is 0 Å². The Morgan fingerprint density at radius 1 is 0.867 bits per heavy atom. The van der Waals surface area contributed by atoms with Gasteiger partial charge in [0.05, 0.1) is 18.7 Å². The molecule has 4 nitrogen and oxygen atoms in total. The summed E-state index contributed by atoms with van der Waals surface area (Å²) >= 11 is 9.55. The third-order valence-corrected chi connectivity index (χ3v) is 5.26. The Morgan fingerprint density at radius 2 is 1.57 bits per heavy atom. The standard InChI is InChI=1S/C23H23BrClNO3.ClH/c1-27-21-6-4-3-5-18(21)14-26-13-17-11-20(24)23(22(12-17)28-2)29-15-16-7-9-19(25)10-8-16;/h3-12,26H,13-15H2,1-2H3;1H. The second kappa shape index (κ2) is 12.1. The molecule has 0 unspecified atom stereocenters. The van der Waals surface area contributed by atoms with E-state index in [0.29, 0.717) is 36.2 Å². The number of para-hydroxylation sites is 1. The lowest BCUT2D eigenvalue weighted by molar-refractivity contribution is 0.282. The van der Waals surface area contributed by atoms with Crippen molar-refractivity contribution in [2.45, 2.75) is 19.7 Å². The first-order chi connectivity index (χ1) is 14.1. The van der Waals surface area contributed by atoms with E-state index < -0.39 is 0 Å². The average molecular weight is 513 g/mol. The molecule has 3 aromatic rings. The lowest BCUT2D eigenvalue weighted by atomic mass is 10.1. The summed E-state index contributed by atoms with van der Waals surface area (Å²) in [5, 5.41) is 4.15. The van der Waals surface area contributed by atoms with Gasteiger partial charge in [-0.15, -0.1) is 12.4 Å². The van der Waals surface area contributed by atoms with Gasteiger partial charge in [-0.1, -0.05) is 41.9 Å². The van der Waals surface area contributed by atoms with Crippen molar-refractivity contribution in [3.63, 3.8) is 0 Å². The monoisotopic (exact) mass is 511 g/mol. The number of benzene rings is 3. The Bertz CT molecular complexity index is 952. The normalized spacial score (nSPS) is 10.3. The maximum atomic E-state index is 5.99. The van der Waals surface area contributed by atoms with Crippen LogP contribution in [0.15, 0.2) is 65.1 Å². The quantitative estimate of drug-likeness (QED) is 0.359. The maximum absolute atomic E-state index is 5.99. The molecule has 160 valence electrons. The molecule has 0 saturated carbocycles. The van der Waals surface area contributed by atoms with E-state index in [-0.39, 0.29) is 12.4 Å². The van der Waals surface area contributed by atoms with Gasteiger partial charge in [0.25, 0.3) is 0 Å². The van der Waals surface area contributed by atoms with Gasteiger partial charge in [0.2, 0.25) is 0 Å². The van der Waals surface area contributed by atoms with Crippen molar-refractivity contribution >= 4 is 39.9 Å². The highest BCUT2D eigenvalue weighted by molar-refractivity contribution is 9.10. The molecule has 0 aliphatic heterocycles. The van der Waals surface area contributed by atoms with E-state index in [1.807, 2.05) is 54.6 Å². The Kier molecular flexibility index (Phi) is 9.79. The van der Waals surface area contributed by atoms with Crippen molar-refractivity contribution in [1.82, 2.24) is 5.32 Å². The number of ether oxygens (including phenoxy) is 3. The first-order valence-corrected chi connectivity index (χ1v) is 10.3. The van der Waals surface area contributed by atoms with Gasteiger partial charge in [0.1, 0.15) is 12.4 Å². The summed E-state index contributed by atoms with van der Waals surface area (Å²) in [6.07, 6.45) is 0. The van der Waals surface area contributed by atoms with Crippen molar-refractivity contribution in [2.24, 2.45) is 0 Å². The lowest BCUT2D eigenvalue weighted by Gasteiger charge is -2.15. The number of halogens is 3. The molecule has 0 spiro atoms. The zero-order valence-electron chi connectivity index (χ0n) is 16.8. The average Bonchev–Trinajstić information content (AvgIpc) is 2.74. The number of hydrogen-bond acceptors (Lipinski definition) is 4. The minimum Gasteiger partial charge on any atom is -0.496 e. The van der Waals surface area contributed by atoms with Crippen LogP contribution < -0.4 is 19.5 Å². The van der Waals surface area contributed by atoms with E-state index in [4.69, 9.17) is 25.8 Å². The summed E-state index contributed by atoms with van der Waals surface area (Å²) in [6.45, 7) is 1.82. The van der Waals surface area contributed by atoms with Gasteiger partial charge in [0.15, 0.2) is 11.5 Å². The zero-order chi connectivity index (χ0) is 20.6. The van der Waals surface area contributed by atoms with Crippen LogP contribution >= 0.6 is 39.9 Å². The predicted molar refractivity (Wildman–Crippen MR) is 127 cm³/mol. The minimum absolute atomic E-state index is 0. The number of nitrogens with one attached hydrogen (secondary N) is 1. The third kappa shape index (κ3) is 6.54. The van der Waals surface area contributed by atoms with Crippen LogP contribution in [0.2, 0.25) is 5.02 Å². The molecule has 1 N–H and O–H groups in total. The topological polar surface area (TPSA) is 39.7 Å². The lowest BCUT2D eigenvalue weighted by Crippen LogP contribution is -2.13. The molecule has 0 radical (unpaired) electrons. The summed E-state index contributed by atoms with van der Waals surface area (Å²) in [4.78, 5) is 0. The van der Waals surface area contributed by atoms with Gasteiger partial charge in [-0.3, -0.25) is 0 Å². The molecule has 0 aliphatic carbocycles. The summed E-state index contributed by atoms with van der Waals surface area (Å²) in [5.74, 6) is 2.24. The van der Waals surface area contributed by atoms with Gasteiger partial charge in [-0.25, -0.2) is 0 Å². The fraction of sp³-hybridized carbons (Fsp3) is 0.217. The van der Waals surface area contributed by atoms with E-state index >= 15 is 0 Å². The van der Waals surface area contributed by atoms with Gasteiger partial charge in [0, 0.05) is 23.7 Å². The van der Waals surface area contributed by atoms with Gasteiger partial charge in [-0.2, -0.15) is 0 Å². The third-order valence-electron chi connectivity index (χ3n) is 4.42. The van der Waals surface area contributed by atoms with E-state index in [0.717, 1.165) is 26.9 Å². The van der Waals surface area contributed by atoms with Gasteiger partial charge in [-0.05, 0) is 57.4 Å². The molecule has 0 aromatic heterocycles. The number of rotatable bonds is 9. The SMILES string of the molecule is COc1ccccc1CNCc1cc(Br)c(OCc2ccc(Cl)cc2)c(OC)c1.Cl.